The standard InChI is InChI=1S/C15H13BrCl2O/c1-19-15-9-11(17)6-7-12(15)13(16)8-10-4-2-3-5-14(10)18/h2-7,9,13H,8H2,1H3. The maximum atomic E-state index is 6.18. The molecule has 0 bridgehead atoms. The van der Waals surface area contributed by atoms with Gasteiger partial charge in [-0.3, -0.25) is 0 Å². The van der Waals surface area contributed by atoms with E-state index in [4.69, 9.17) is 27.9 Å². The Morgan fingerprint density at radius 1 is 1.16 bits per heavy atom. The molecule has 1 atom stereocenters. The van der Waals surface area contributed by atoms with Gasteiger partial charge < -0.3 is 4.74 Å². The Labute approximate surface area is 131 Å². The van der Waals surface area contributed by atoms with Crippen molar-refractivity contribution in [3.63, 3.8) is 0 Å². The third-order valence-electron chi connectivity index (χ3n) is 2.89. The number of halogens is 3. The van der Waals surface area contributed by atoms with Gasteiger partial charge >= 0.3 is 0 Å². The van der Waals surface area contributed by atoms with Gasteiger partial charge in [-0.15, -0.1) is 0 Å². The maximum Gasteiger partial charge on any atom is 0.124 e. The van der Waals surface area contributed by atoms with E-state index >= 15 is 0 Å². The summed E-state index contributed by atoms with van der Waals surface area (Å²) >= 11 is 15.8. The van der Waals surface area contributed by atoms with Crippen molar-refractivity contribution in [1.29, 1.82) is 0 Å². The predicted octanol–water partition coefficient (Wildman–Crippen LogP) is 5.68. The van der Waals surface area contributed by atoms with Gasteiger partial charge in [-0.1, -0.05) is 63.4 Å². The zero-order valence-corrected chi connectivity index (χ0v) is 13.5. The summed E-state index contributed by atoms with van der Waals surface area (Å²) in [6.45, 7) is 0. The van der Waals surface area contributed by atoms with Crippen LogP contribution < -0.4 is 4.74 Å². The van der Waals surface area contributed by atoms with Gasteiger partial charge in [-0.05, 0) is 30.2 Å². The average Bonchev–Trinajstić information content (AvgIpc) is 2.41. The van der Waals surface area contributed by atoms with Crippen molar-refractivity contribution in [2.75, 3.05) is 7.11 Å². The molecule has 0 spiro atoms. The molecule has 0 N–H and O–H groups in total. The third-order valence-corrected chi connectivity index (χ3v) is 4.31. The van der Waals surface area contributed by atoms with Crippen LogP contribution in [0.3, 0.4) is 0 Å². The summed E-state index contributed by atoms with van der Waals surface area (Å²) in [6.07, 6.45) is 0.789. The Kier molecular flexibility index (Phi) is 5.14. The lowest BCUT2D eigenvalue weighted by Gasteiger charge is -2.15. The average molecular weight is 360 g/mol. The van der Waals surface area contributed by atoms with Crippen LogP contribution in [0.1, 0.15) is 16.0 Å². The van der Waals surface area contributed by atoms with Crippen LogP contribution in [0.15, 0.2) is 42.5 Å². The number of alkyl halides is 1. The predicted molar refractivity (Wildman–Crippen MR) is 84.8 cm³/mol. The van der Waals surface area contributed by atoms with Crippen molar-refractivity contribution in [1.82, 2.24) is 0 Å². The summed E-state index contributed by atoms with van der Waals surface area (Å²) < 4.78 is 5.37. The molecule has 0 heterocycles. The Balaban J connectivity index is 2.25. The minimum absolute atomic E-state index is 0.125. The number of ether oxygens (including phenoxy) is 1. The lowest BCUT2D eigenvalue weighted by molar-refractivity contribution is 0.409. The Hall–Kier alpha value is -0.700. The molecule has 1 nitrogen and oxygen atoms in total. The monoisotopic (exact) mass is 358 g/mol. The van der Waals surface area contributed by atoms with E-state index in [1.54, 1.807) is 7.11 Å². The van der Waals surface area contributed by atoms with Gasteiger partial charge in [0, 0.05) is 20.4 Å². The van der Waals surface area contributed by atoms with E-state index in [1.807, 2.05) is 42.5 Å². The zero-order valence-electron chi connectivity index (χ0n) is 10.4. The van der Waals surface area contributed by atoms with Crippen molar-refractivity contribution in [3.05, 3.63) is 63.6 Å². The second-order valence-corrected chi connectivity index (χ2v) is 6.10. The first-order valence-corrected chi connectivity index (χ1v) is 7.50. The number of methoxy groups -OCH3 is 1. The van der Waals surface area contributed by atoms with Crippen molar-refractivity contribution in [3.8, 4) is 5.75 Å². The SMILES string of the molecule is COc1cc(Cl)ccc1C(Br)Cc1ccccc1Cl. The fraction of sp³-hybridized carbons (Fsp3) is 0.200. The Morgan fingerprint density at radius 3 is 2.58 bits per heavy atom. The molecule has 2 aromatic rings. The molecule has 0 radical (unpaired) electrons. The number of benzene rings is 2. The summed E-state index contributed by atoms with van der Waals surface area (Å²) in [6, 6.07) is 13.5. The molecule has 0 fully saturated rings. The lowest BCUT2D eigenvalue weighted by Crippen LogP contribution is -1.99. The largest absolute Gasteiger partial charge is 0.496 e. The van der Waals surface area contributed by atoms with E-state index in [0.717, 1.165) is 28.3 Å². The molecule has 0 amide bonds. The normalized spacial score (nSPS) is 12.2. The van der Waals surface area contributed by atoms with Crippen LogP contribution in [0.5, 0.6) is 5.75 Å². The molecular weight excluding hydrogens is 347 g/mol. The van der Waals surface area contributed by atoms with Gasteiger partial charge in [0.05, 0.1) is 7.11 Å². The smallest absolute Gasteiger partial charge is 0.124 e. The van der Waals surface area contributed by atoms with Crippen molar-refractivity contribution < 1.29 is 4.74 Å². The first kappa shape index (κ1) is 14.7. The van der Waals surface area contributed by atoms with Crippen LogP contribution in [-0.4, -0.2) is 7.11 Å². The minimum Gasteiger partial charge on any atom is -0.496 e. The Bertz CT molecular complexity index is 572. The summed E-state index contributed by atoms with van der Waals surface area (Å²) in [4.78, 5) is 0.125. The van der Waals surface area contributed by atoms with Gasteiger partial charge in [0.2, 0.25) is 0 Å². The summed E-state index contributed by atoms with van der Waals surface area (Å²) in [5.74, 6) is 0.779. The lowest BCUT2D eigenvalue weighted by atomic mass is 10.0. The van der Waals surface area contributed by atoms with Gasteiger partial charge in [0.1, 0.15) is 5.75 Å². The molecule has 0 aliphatic rings. The van der Waals surface area contributed by atoms with E-state index in [-0.39, 0.29) is 4.83 Å². The number of hydrogen-bond donors (Lipinski definition) is 0. The van der Waals surface area contributed by atoms with Crippen molar-refractivity contribution in [2.24, 2.45) is 0 Å². The molecular formula is C15H13BrCl2O. The summed E-state index contributed by atoms with van der Waals surface area (Å²) in [5.41, 5.74) is 2.16. The molecule has 0 aromatic heterocycles. The molecule has 2 rings (SSSR count). The van der Waals surface area contributed by atoms with Crippen molar-refractivity contribution >= 4 is 39.1 Å². The highest BCUT2D eigenvalue weighted by Gasteiger charge is 2.15. The van der Waals surface area contributed by atoms with Crippen LogP contribution in [0.25, 0.3) is 0 Å². The number of hydrogen-bond acceptors (Lipinski definition) is 1. The molecule has 0 aliphatic carbocycles. The van der Waals surface area contributed by atoms with Crippen molar-refractivity contribution in [2.45, 2.75) is 11.2 Å². The van der Waals surface area contributed by atoms with Crippen LogP contribution >= 0.6 is 39.1 Å². The van der Waals surface area contributed by atoms with E-state index < -0.39 is 0 Å². The molecule has 0 saturated heterocycles. The second-order valence-electron chi connectivity index (χ2n) is 4.15. The molecule has 1 unspecified atom stereocenters. The van der Waals surface area contributed by atoms with E-state index in [1.165, 1.54) is 0 Å². The molecule has 100 valence electrons. The molecule has 19 heavy (non-hydrogen) atoms. The fourth-order valence-electron chi connectivity index (χ4n) is 1.91. The molecule has 4 heteroatoms. The highest BCUT2D eigenvalue weighted by molar-refractivity contribution is 9.09. The highest BCUT2D eigenvalue weighted by atomic mass is 79.9. The van der Waals surface area contributed by atoms with Gasteiger partial charge in [0.25, 0.3) is 0 Å². The van der Waals surface area contributed by atoms with Gasteiger partial charge in [-0.2, -0.15) is 0 Å². The maximum absolute atomic E-state index is 6.18. The van der Waals surface area contributed by atoms with Crippen LogP contribution in [0.2, 0.25) is 10.0 Å². The van der Waals surface area contributed by atoms with E-state index in [0.29, 0.717) is 5.02 Å². The number of rotatable bonds is 4. The first-order chi connectivity index (χ1) is 9.11. The second kappa shape index (κ2) is 6.65. The molecule has 0 saturated carbocycles. The van der Waals surface area contributed by atoms with Gasteiger partial charge in [0.15, 0.2) is 0 Å². The van der Waals surface area contributed by atoms with E-state index in [2.05, 4.69) is 15.9 Å². The Morgan fingerprint density at radius 2 is 1.89 bits per heavy atom. The van der Waals surface area contributed by atoms with E-state index in [9.17, 15) is 0 Å². The zero-order chi connectivity index (χ0) is 13.8. The summed E-state index contributed by atoms with van der Waals surface area (Å²) in [5, 5.41) is 1.44. The molecule has 2 aromatic carbocycles. The van der Waals surface area contributed by atoms with Crippen LogP contribution in [0, 0.1) is 0 Å². The van der Waals surface area contributed by atoms with Crippen LogP contribution in [0.4, 0.5) is 0 Å². The van der Waals surface area contributed by atoms with Gasteiger partial charge in [-0.25, -0.2) is 0 Å². The first-order valence-electron chi connectivity index (χ1n) is 5.82. The van der Waals surface area contributed by atoms with Crippen LogP contribution in [-0.2, 0) is 6.42 Å². The minimum atomic E-state index is 0.125. The topological polar surface area (TPSA) is 9.23 Å². The quantitative estimate of drug-likeness (QED) is 0.638. The molecule has 0 aliphatic heterocycles. The summed E-state index contributed by atoms with van der Waals surface area (Å²) in [7, 11) is 1.64. The third kappa shape index (κ3) is 3.65. The highest BCUT2D eigenvalue weighted by Crippen LogP contribution is 2.36. The fourth-order valence-corrected chi connectivity index (χ4v) is 3.01.